The summed E-state index contributed by atoms with van der Waals surface area (Å²) in [4.78, 5) is 23.2. The highest BCUT2D eigenvalue weighted by atomic mass is 16.6. The highest BCUT2D eigenvalue weighted by Gasteiger charge is 2.27. The Hall–Kier alpha value is -2.51. The van der Waals surface area contributed by atoms with Gasteiger partial charge in [-0.25, -0.2) is 14.8 Å². The normalized spacial score (nSPS) is 17.2. The molecule has 0 aromatic carbocycles. The van der Waals surface area contributed by atoms with Crippen LogP contribution in [-0.2, 0) is 11.3 Å². The van der Waals surface area contributed by atoms with E-state index in [-0.39, 0.29) is 12.1 Å². The average Bonchev–Trinajstić information content (AvgIpc) is 3.10. The predicted molar refractivity (Wildman–Crippen MR) is 114 cm³/mol. The second-order valence-corrected chi connectivity index (χ2v) is 8.10. The van der Waals surface area contributed by atoms with E-state index < -0.39 is 5.60 Å². The fourth-order valence-electron chi connectivity index (χ4n) is 2.93. The standard InChI is InChI=1S/C21H35N5O3/c1-6-12-28-18-9-8-16(13-23-18)14-24-19(22-7-2)26-11-10-17(15-26)25-20(27)29-21(3,4)5/h8-9,13,17H,6-7,10-12,14-15H2,1-5H3,(H,22,24)(H,25,27). The zero-order chi connectivity index (χ0) is 21.3. The number of guanidine groups is 1. The van der Waals surface area contributed by atoms with Crippen molar-refractivity contribution in [2.45, 2.75) is 65.6 Å². The Kier molecular flexibility index (Phi) is 8.54. The number of aromatic nitrogens is 1. The molecule has 0 radical (unpaired) electrons. The molecular weight excluding hydrogens is 370 g/mol. The fourth-order valence-corrected chi connectivity index (χ4v) is 2.93. The number of nitrogens with one attached hydrogen (secondary N) is 2. The van der Waals surface area contributed by atoms with Crippen LogP contribution in [0.1, 0.15) is 53.0 Å². The molecule has 1 saturated heterocycles. The molecule has 2 heterocycles. The molecule has 8 heteroatoms. The van der Waals surface area contributed by atoms with Crippen molar-refractivity contribution in [2.24, 2.45) is 4.99 Å². The van der Waals surface area contributed by atoms with E-state index in [1.807, 2.05) is 39.8 Å². The lowest BCUT2D eigenvalue weighted by Gasteiger charge is -2.23. The molecule has 1 aromatic rings. The number of ether oxygens (including phenoxy) is 2. The minimum atomic E-state index is -0.496. The van der Waals surface area contributed by atoms with Crippen LogP contribution >= 0.6 is 0 Å². The Morgan fingerprint density at radius 3 is 2.76 bits per heavy atom. The minimum Gasteiger partial charge on any atom is -0.478 e. The summed E-state index contributed by atoms with van der Waals surface area (Å²) in [5.41, 5.74) is 0.524. The van der Waals surface area contributed by atoms with Gasteiger partial charge in [-0.1, -0.05) is 13.0 Å². The van der Waals surface area contributed by atoms with Crippen molar-refractivity contribution in [2.75, 3.05) is 26.2 Å². The summed E-state index contributed by atoms with van der Waals surface area (Å²) in [7, 11) is 0. The van der Waals surface area contributed by atoms with Gasteiger partial charge in [-0.15, -0.1) is 0 Å². The van der Waals surface area contributed by atoms with Gasteiger partial charge in [-0.3, -0.25) is 0 Å². The summed E-state index contributed by atoms with van der Waals surface area (Å²) in [6.45, 7) is 13.2. The lowest BCUT2D eigenvalue weighted by molar-refractivity contribution is 0.0507. The molecule has 0 aliphatic carbocycles. The highest BCUT2D eigenvalue weighted by Crippen LogP contribution is 2.13. The predicted octanol–water partition coefficient (Wildman–Crippen LogP) is 2.93. The molecule has 1 unspecified atom stereocenters. The van der Waals surface area contributed by atoms with E-state index in [0.29, 0.717) is 25.6 Å². The maximum atomic E-state index is 12.0. The number of amides is 1. The number of aliphatic imine (C=N–C) groups is 1. The third-order valence-corrected chi connectivity index (χ3v) is 4.21. The van der Waals surface area contributed by atoms with Crippen molar-refractivity contribution in [3.05, 3.63) is 23.9 Å². The van der Waals surface area contributed by atoms with Gasteiger partial charge in [0.1, 0.15) is 5.60 Å². The zero-order valence-electron chi connectivity index (χ0n) is 18.3. The third-order valence-electron chi connectivity index (χ3n) is 4.21. The molecule has 1 aliphatic heterocycles. The molecule has 29 heavy (non-hydrogen) atoms. The first-order chi connectivity index (χ1) is 13.8. The quantitative estimate of drug-likeness (QED) is 0.536. The SMILES string of the molecule is CCCOc1ccc(CN=C(NCC)N2CCC(NC(=O)OC(C)(C)C)C2)cn1. The first-order valence-electron chi connectivity index (χ1n) is 10.4. The molecule has 0 bridgehead atoms. The van der Waals surface area contributed by atoms with Crippen molar-refractivity contribution in [1.29, 1.82) is 0 Å². The Balaban J connectivity index is 1.91. The largest absolute Gasteiger partial charge is 0.478 e. The van der Waals surface area contributed by atoms with Crippen LogP contribution in [0.3, 0.4) is 0 Å². The third kappa shape index (κ3) is 8.17. The Morgan fingerprint density at radius 2 is 2.14 bits per heavy atom. The number of hydrogen-bond donors (Lipinski definition) is 2. The van der Waals surface area contributed by atoms with Gasteiger partial charge in [-0.2, -0.15) is 0 Å². The summed E-state index contributed by atoms with van der Waals surface area (Å²) in [5.74, 6) is 1.48. The van der Waals surface area contributed by atoms with Crippen molar-refractivity contribution < 1.29 is 14.3 Å². The fraction of sp³-hybridized carbons (Fsp3) is 0.667. The summed E-state index contributed by atoms with van der Waals surface area (Å²) >= 11 is 0. The molecule has 0 spiro atoms. The van der Waals surface area contributed by atoms with Crippen LogP contribution in [0.2, 0.25) is 0 Å². The van der Waals surface area contributed by atoms with Crippen molar-refractivity contribution >= 4 is 12.1 Å². The topological polar surface area (TPSA) is 88.1 Å². The van der Waals surface area contributed by atoms with E-state index in [0.717, 1.165) is 37.5 Å². The lowest BCUT2D eigenvalue weighted by Crippen LogP contribution is -2.44. The number of pyridine rings is 1. The second kappa shape index (κ2) is 10.9. The summed E-state index contributed by atoms with van der Waals surface area (Å²) < 4.78 is 10.9. The average molecular weight is 406 g/mol. The van der Waals surface area contributed by atoms with Crippen LogP contribution in [0.25, 0.3) is 0 Å². The molecule has 0 saturated carbocycles. The van der Waals surface area contributed by atoms with Crippen LogP contribution in [0, 0.1) is 0 Å². The number of carbonyl (C=O) groups excluding carboxylic acids is 1. The molecule has 1 atom stereocenters. The monoisotopic (exact) mass is 405 g/mol. The van der Waals surface area contributed by atoms with Crippen molar-refractivity contribution in [3.63, 3.8) is 0 Å². The van der Waals surface area contributed by atoms with Gasteiger partial charge in [-0.05, 0) is 46.1 Å². The number of alkyl carbamates (subject to hydrolysis) is 1. The molecule has 1 fully saturated rings. The van der Waals surface area contributed by atoms with E-state index in [4.69, 9.17) is 14.5 Å². The molecule has 1 amide bonds. The molecule has 2 N–H and O–H groups in total. The van der Waals surface area contributed by atoms with Gasteiger partial charge < -0.3 is 25.0 Å². The van der Waals surface area contributed by atoms with Crippen LogP contribution in [0.4, 0.5) is 4.79 Å². The first-order valence-corrected chi connectivity index (χ1v) is 10.4. The van der Waals surface area contributed by atoms with Gasteiger partial charge in [0.25, 0.3) is 0 Å². The Morgan fingerprint density at radius 1 is 1.34 bits per heavy atom. The summed E-state index contributed by atoms with van der Waals surface area (Å²) in [6, 6.07) is 3.91. The maximum absolute atomic E-state index is 12.0. The van der Waals surface area contributed by atoms with Gasteiger partial charge in [0.15, 0.2) is 5.96 Å². The molecule has 1 aromatic heterocycles. The van der Waals surface area contributed by atoms with Gasteiger partial charge in [0.2, 0.25) is 5.88 Å². The van der Waals surface area contributed by atoms with E-state index in [9.17, 15) is 4.79 Å². The number of likely N-dealkylation sites (tertiary alicyclic amines) is 1. The van der Waals surface area contributed by atoms with Gasteiger partial charge >= 0.3 is 6.09 Å². The van der Waals surface area contributed by atoms with Crippen LogP contribution < -0.4 is 15.4 Å². The number of hydrogen-bond acceptors (Lipinski definition) is 5. The Labute approximate surface area is 174 Å². The summed E-state index contributed by atoms with van der Waals surface area (Å²) in [5, 5.41) is 6.28. The van der Waals surface area contributed by atoms with E-state index >= 15 is 0 Å². The lowest BCUT2D eigenvalue weighted by atomic mass is 10.2. The molecular formula is C21H35N5O3. The first kappa shape index (κ1) is 22.8. The van der Waals surface area contributed by atoms with Crippen LogP contribution in [0.5, 0.6) is 5.88 Å². The van der Waals surface area contributed by atoms with Crippen LogP contribution in [-0.4, -0.2) is 59.8 Å². The smallest absolute Gasteiger partial charge is 0.407 e. The maximum Gasteiger partial charge on any atom is 0.407 e. The molecule has 1 aliphatic rings. The van der Waals surface area contributed by atoms with E-state index in [1.165, 1.54) is 0 Å². The van der Waals surface area contributed by atoms with Gasteiger partial charge in [0, 0.05) is 31.9 Å². The van der Waals surface area contributed by atoms with E-state index in [1.54, 1.807) is 6.20 Å². The van der Waals surface area contributed by atoms with Crippen molar-refractivity contribution in [3.8, 4) is 5.88 Å². The Bertz CT molecular complexity index is 670. The van der Waals surface area contributed by atoms with Crippen LogP contribution in [0.15, 0.2) is 23.3 Å². The minimum absolute atomic E-state index is 0.0466. The molecule has 162 valence electrons. The molecule has 2 rings (SSSR count). The second-order valence-electron chi connectivity index (χ2n) is 8.10. The van der Waals surface area contributed by atoms with Gasteiger partial charge in [0.05, 0.1) is 19.2 Å². The van der Waals surface area contributed by atoms with E-state index in [2.05, 4.69) is 27.4 Å². The highest BCUT2D eigenvalue weighted by molar-refractivity contribution is 5.80. The van der Waals surface area contributed by atoms with Crippen molar-refractivity contribution in [1.82, 2.24) is 20.5 Å². The summed E-state index contributed by atoms with van der Waals surface area (Å²) in [6.07, 6.45) is 3.24. The number of nitrogens with zero attached hydrogens (tertiary/aromatic N) is 3. The number of carbonyl (C=O) groups is 1. The molecule has 8 nitrogen and oxygen atoms in total. The zero-order valence-corrected chi connectivity index (χ0v) is 18.3. The number of rotatable bonds is 7.